The Kier molecular flexibility index (Phi) is 6.28. The van der Waals surface area contributed by atoms with Crippen LogP contribution in [-0.4, -0.2) is 26.7 Å². The van der Waals surface area contributed by atoms with Crippen molar-refractivity contribution >= 4 is 11.6 Å². The molecule has 2 aromatic rings. The Morgan fingerprint density at radius 2 is 1.60 bits per heavy atom. The van der Waals surface area contributed by atoms with Crippen molar-refractivity contribution in [3.05, 3.63) is 47.0 Å². The Balaban J connectivity index is 1.94. The van der Waals surface area contributed by atoms with Gasteiger partial charge in [0.05, 0.1) is 27.2 Å². The van der Waals surface area contributed by atoms with Crippen LogP contribution >= 0.6 is 0 Å². The monoisotopic (exact) mass is 343 g/mol. The number of nitrogens with one attached hydrogen (secondary N) is 1. The summed E-state index contributed by atoms with van der Waals surface area (Å²) in [5.74, 6) is 1.91. The zero-order valence-corrected chi connectivity index (χ0v) is 15.4. The van der Waals surface area contributed by atoms with E-state index < -0.39 is 0 Å². The maximum Gasteiger partial charge on any atom is 0.227 e. The van der Waals surface area contributed by atoms with Crippen LogP contribution in [-0.2, 0) is 4.79 Å². The fourth-order valence-electron chi connectivity index (χ4n) is 2.54. The Labute approximate surface area is 148 Å². The number of hydrogen-bond donors (Lipinski definition) is 1. The lowest BCUT2D eigenvalue weighted by Crippen LogP contribution is -2.16. The third-order valence-corrected chi connectivity index (χ3v) is 3.92. The molecule has 0 spiro atoms. The highest BCUT2D eigenvalue weighted by Crippen LogP contribution is 2.32. The van der Waals surface area contributed by atoms with E-state index in [0.717, 1.165) is 16.9 Å². The molecule has 2 aromatic carbocycles. The van der Waals surface area contributed by atoms with Crippen molar-refractivity contribution in [2.24, 2.45) is 0 Å². The fourth-order valence-corrected chi connectivity index (χ4v) is 2.54. The maximum absolute atomic E-state index is 12.2. The van der Waals surface area contributed by atoms with Gasteiger partial charge in [-0.05, 0) is 44.0 Å². The number of carbonyl (C=O) groups is 1. The van der Waals surface area contributed by atoms with Crippen molar-refractivity contribution in [1.29, 1.82) is 0 Å². The molecule has 5 heteroatoms. The number of aryl methyl sites for hydroxylation is 3. The van der Waals surface area contributed by atoms with Crippen molar-refractivity contribution in [2.75, 3.05) is 26.1 Å². The average Bonchev–Trinajstić information content (AvgIpc) is 2.58. The Bertz CT molecular complexity index is 756. The molecule has 2 rings (SSSR count). The summed E-state index contributed by atoms with van der Waals surface area (Å²) in [5.41, 5.74) is 3.86. The molecule has 1 amide bonds. The number of rotatable bonds is 7. The Morgan fingerprint density at radius 3 is 2.24 bits per heavy atom. The van der Waals surface area contributed by atoms with Gasteiger partial charge in [-0.25, -0.2) is 0 Å². The van der Waals surface area contributed by atoms with E-state index in [4.69, 9.17) is 14.2 Å². The molecule has 5 nitrogen and oxygen atoms in total. The number of hydrogen-bond acceptors (Lipinski definition) is 4. The summed E-state index contributed by atoms with van der Waals surface area (Å²) in [5, 5.41) is 2.89. The molecule has 0 aliphatic carbocycles. The molecule has 0 saturated carbocycles. The van der Waals surface area contributed by atoms with Crippen molar-refractivity contribution in [3.8, 4) is 17.2 Å². The first-order valence-corrected chi connectivity index (χ1v) is 8.17. The molecule has 1 N–H and O–H groups in total. The molecule has 0 fully saturated rings. The van der Waals surface area contributed by atoms with Crippen LogP contribution in [0.15, 0.2) is 30.3 Å². The van der Waals surface area contributed by atoms with Crippen LogP contribution in [0.4, 0.5) is 5.69 Å². The minimum Gasteiger partial charge on any atom is -0.493 e. The van der Waals surface area contributed by atoms with Crippen LogP contribution in [0.2, 0.25) is 0 Å². The highest BCUT2D eigenvalue weighted by atomic mass is 16.5. The number of methoxy groups -OCH3 is 2. The minimum absolute atomic E-state index is 0.111. The second-order valence-electron chi connectivity index (χ2n) is 5.94. The molecule has 0 saturated heterocycles. The van der Waals surface area contributed by atoms with Gasteiger partial charge in [-0.15, -0.1) is 0 Å². The van der Waals surface area contributed by atoms with Gasteiger partial charge in [0.25, 0.3) is 0 Å². The number of amides is 1. The van der Waals surface area contributed by atoms with Crippen molar-refractivity contribution in [3.63, 3.8) is 0 Å². The predicted octanol–water partition coefficient (Wildman–Crippen LogP) is 4.04. The lowest BCUT2D eigenvalue weighted by atomic mass is 10.1. The quantitative estimate of drug-likeness (QED) is 0.824. The van der Waals surface area contributed by atoms with Crippen LogP contribution in [0.25, 0.3) is 0 Å². The molecule has 0 aliphatic rings. The highest BCUT2D eigenvalue weighted by Gasteiger charge is 2.11. The third kappa shape index (κ3) is 4.89. The molecule has 0 aliphatic heterocycles. The van der Waals surface area contributed by atoms with Gasteiger partial charge >= 0.3 is 0 Å². The lowest BCUT2D eigenvalue weighted by Gasteiger charge is -2.14. The van der Waals surface area contributed by atoms with Crippen LogP contribution < -0.4 is 19.5 Å². The Morgan fingerprint density at radius 1 is 0.920 bits per heavy atom. The molecule has 0 aromatic heterocycles. The molecule has 0 radical (unpaired) electrons. The summed E-state index contributed by atoms with van der Waals surface area (Å²) in [6.07, 6.45) is 0.265. The minimum atomic E-state index is -0.111. The summed E-state index contributed by atoms with van der Waals surface area (Å²) in [7, 11) is 3.15. The summed E-state index contributed by atoms with van der Waals surface area (Å²) >= 11 is 0. The van der Waals surface area contributed by atoms with Crippen LogP contribution in [0.1, 0.15) is 23.1 Å². The lowest BCUT2D eigenvalue weighted by molar-refractivity contribution is -0.116. The van der Waals surface area contributed by atoms with Gasteiger partial charge in [-0.1, -0.05) is 17.7 Å². The van der Waals surface area contributed by atoms with Crippen LogP contribution in [0, 0.1) is 20.8 Å². The first kappa shape index (κ1) is 18.6. The van der Waals surface area contributed by atoms with Gasteiger partial charge < -0.3 is 19.5 Å². The van der Waals surface area contributed by atoms with Gasteiger partial charge in [0.1, 0.15) is 5.75 Å². The largest absolute Gasteiger partial charge is 0.493 e. The smallest absolute Gasteiger partial charge is 0.227 e. The van der Waals surface area contributed by atoms with E-state index >= 15 is 0 Å². The predicted molar refractivity (Wildman–Crippen MR) is 98.9 cm³/mol. The summed E-state index contributed by atoms with van der Waals surface area (Å²) in [6, 6.07) is 9.58. The zero-order valence-electron chi connectivity index (χ0n) is 15.4. The number of anilines is 1. The third-order valence-electron chi connectivity index (χ3n) is 3.92. The zero-order chi connectivity index (χ0) is 18.4. The van der Waals surface area contributed by atoms with E-state index in [-0.39, 0.29) is 12.3 Å². The molecule has 0 bridgehead atoms. The molecule has 0 heterocycles. The second-order valence-corrected chi connectivity index (χ2v) is 5.94. The maximum atomic E-state index is 12.2. The van der Waals surface area contributed by atoms with Gasteiger partial charge in [-0.2, -0.15) is 0 Å². The summed E-state index contributed by atoms with van der Waals surface area (Å²) in [6.45, 7) is 6.26. The highest BCUT2D eigenvalue weighted by molar-refractivity contribution is 5.92. The van der Waals surface area contributed by atoms with Crippen molar-refractivity contribution in [2.45, 2.75) is 27.2 Å². The van der Waals surface area contributed by atoms with E-state index in [2.05, 4.69) is 11.4 Å². The van der Waals surface area contributed by atoms with Gasteiger partial charge in [0.15, 0.2) is 11.5 Å². The first-order valence-electron chi connectivity index (χ1n) is 8.17. The van der Waals surface area contributed by atoms with Crippen LogP contribution in [0.3, 0.4) is 0 Å². The molecular formula is C20H25NO4. The molecular weight excluding hydrogens is 318 g/mol. The first-order chi connectivity index (χ1) is 11.9. The van der Waals surface area contributed by atoms with E-state index in [1.54, 1.807) is 20.3 Å². The molecule has 0 atom stereocenters. The number of ether oxygens (including phenoxy) is 3. The molecule has 134 valence electrons. The van der Waals surface area contributed by atoms with E-state index in [1.807, 2.05) is 39.0 Å². The van der Waals surface area contributed by atoms with E-state index in [1.165, 1.54) is 5.56 Å². The fraction of sp³-hybridized carbons (Fsp3) is 0.350. The van der Waals surface area contributed by atoms with Crippen molar-refractivity contribution < 1.29 is 19.0 Å². The van der Waals surface area contributed by atoms with E-state index in [0.29, 0.717) is 23.8 Å². The van der Waals surface area contributed by atoms with Crippen molar-refractivity contribution in [1.82, 2.24) is 0 Å². The SMILES string of the molecule is COc1cc(C)c(NC(=O)CCOc2ccc(C)cc2C)cc1OC. The second kappa shape index (κ2) is 8.42. The van der Waals surface area contributed by atoms with Gasteiger partial charge in [0, 0.05) is 11.8 Å². The van der Waals surface area contributed by atoms with Crippen LogP contribution in [0.5, 0.6) is 17.2 Å². The molecule has 25 heavy (non-hydrogen) atoms. The summed E-state index contributed by atoms with van der Waals surface area (Å²) in [4.78, 5) is 12.2. The number of carbonyl (C=O) groups excluding carboxylic acids is 1. The van der Waals surface area contributed by atoms with Gasteiger partial charge in [-0.3, -0.25) is 4.79 Å². The molecule has 0 unspecified atom stereocenters. The number of benzene rings is 2. The summed E-state index contributed by atoms with van der Waals surface area (Å²) < 4.78 is 16.2. The standard InChI is InChI=1S/C20H25NO4/c1-13-6-7-17(15(3)10-13)25-9-8-20(22)21-16-12-19(24-5)18(23-4)11-14(16)2/h6-7,10-12H,8-9H2,1-5H3,(H,21,22). The van der Waals surface area contributed by atoms with E-state index in [9.17, 15) is 4.79 Å². The topological polar surface area (TPSA) is 56.8 Å². The van der Waals surface area contributed by atoms with Gasteiger partial charge in [0.2, 0.25) is 5.91 Å². The Hall–Kier alpha value is -2.69. The normalized spacial score (nSPS) is 10.3. The average molecular weight is 343 g/mol.